The van der Waals surface area contributed by atoms with Crippen LogP contribution in [0.25, 0.3) is 82.8 Å². The van der Waals surface area contributed by atoms with Crippen LogP contribution in [-0.2, 0) is 0 Å². The molecule has 62 heavy (non-hydrogen) atoms. The van der Waals surface area contributed by atoms with E-state index in [1.165, 1.54) is 88.2 Å². The van der Waals surface area contributed by atoms with Crippen LogP contribution in [0.1, 0.15) is 24.0 Å². The topological polar surface area (TPSA) is 8.17 Å². The van der Waals surface area contributed by atoms with Gasteiger partial charge in [-0.1, -0.05) is 171 Å². The molecule has 11 aromatic rings. The van der Waals surface area contributed by atoms with E-state index in [1.54, 1.807) is 0 Å². The molecule has 0 N–H and O–H groups in total. The first-order chi connectivity index (χ1) is 30.7. The van der Waals surface area contributed by atoms with Gasteiger partial charge in [0, 0.05) is 39.3 Å². The lowest BCUT2D eigenvalue weighted by molar-refractivity contribution is 0.956. The van der Waals surface area contributed by atoms with Gasteiger partial charge in [0.05, 0.1) is 16.7 Å². The molecule has 10 aromatic carbocycles. The number of nitrogens with zero attached hydrogens (tertiary/aromatic N) is 2. The summed E-state index contributed by atoms with van der Waals surface area (Å²) in [6.07, 6.45) is 0. The van der Waals surface area contributed by atoms with Gasteiger partial charge in [0.25, 0.3) is 0 Å². The molecule has 2 nitrogen and oxygen atoms in total. The number of para-hydroxylation sites is 1. The maximum Gasteiger partial charge on any atom is 0.0547 e. The minimum absolute atomic E-state index is 0.305. The molecule has 292 valence electrons. The van der Waals surface area contributed by atoms with E-state index < -0.39 is 0 Å². The molecule has 0 saturated heterocycles. The van der Waals surface area contributed by atoms with Crippen LogP contribution in [0.3, 0.4) is 0 Å². The van der Waals surface area contributed by atoms with Gasteiger partial charge in [0.2, 0.25) is 0 Å². The molecule has 0 spiro atoms. The molecule has 0 aliphatic heterocycles. The molecule has 0 saturated carbocycles. The van der Waals surface area contributed by atoms with E-state index in [1.807, 2.05) is 0 Å². The van der Waals surface area contributed by atoms with Gasteiger partial charge in [-0.05, 0) is 128 Å². The van der Waals surface area contributed by atoms with Crippen LogP contribution in [0.15, 0.2) is 231 Å². The summed E-state index contributed by atoms with van der Waals surface area (Å²) in [6, 6.07) is 84.6. The van der Waals surface area contributed by atoms with Gasteiger partial charge in [0.1, 0.15) is 0 Å². The summed E-state index contributed by atoms with van der Waals surface area (Å²) in [5.74, 6) is 0.305. The van der Waals surface area contributed by atoms with E-state index in [2.05, 4.69) is 247 Å². The highest BCUT2D eigenvalue weighted by Gasteiger charge is 2.27. The Kier molecular flexibility index (Phi) is 8.50. The molecular formula is C60H42N2. The zero-order chi connectivity index (χ0) is 41.1. The molecule has 2 heteroatoms. The maximum atomic E-state index is 2.46. The third-order valence-corrected chi connectivity index (χ3v) is 13.0. The Morgan fingerprint density at radius 1 is 0.371 bits per heavy atom. The maximum absolute atomic E-state index is 2.46. The predicted molar refractivity (Wildman–Crippen MR) is 262 cm³/mol. The third kappa shape index (κ3) is 5.87. The van der Waals surface area contributed by atoms with E-state index in [4.69, 9.17) is 0 Å². The molecule has 1 atom stereocenters. The van der Waals surface area contributed by atoms with Crippen molar-refractivity contribution >= 4 is 49.6 Å². The molecule has 1 aromatic heterocycles. The van der Waals surface area contributed by atoms with Crippen LogP contribution in [0, 0.1) is 0 Å². The van der Waals surface area contributed by atoms with Crippen LogP contribution in [0.5, 0.6) is 0 Å². The first-order valence-electron chi connectivity index (χ1n) is 21.6. The van der Waals surface area contributed by atoms with Crippen molar-refractivity contribution in [3.05, 3.63) is 242 Å². The largest absolute Gasteiger partial charge is 0.310 e. The molecule has 12 rings (SSSR count). The highest BCUT2D eigenvalue weighted by molar-refractivity contribution is 6.22. The van der Waals surface area contributed by atoms with Gasteiger partial charge in [-0.2, -0.15) is 0 Å². The molecule has 0 amide bonds. The summed E-state index contributed by atoms with van der Waals surface area (Å²) in [7, 11) is 0. The number of rotatable bonds is 7. The lowest BCUT2D eigenvalue weighted by Crippen LogP contribution is -2.12. The number of benzene rings is 10. The van der Waals surface area contributed by atoms with Crippen LogP contribution < -0.4 is 4.90 Å². The first-order valence-corrected chi connectivity index (χ1v) is 21.6. The Morgan fingerprint density at radius 2 is 0.968 bits per heavy atom. The quantitative estimate of drug-likeness (QED) is 0.156. The fourth-order valence-corrected chi connectivity index (χ4v) is 10.0. The van der Waals surface area contributed by atoms with Crippen molar-refractivity contribution < 1.29 is 0 Å². The van der Waals surface area contributed by atoms with Crippen molar-refractivity contribution in [3.8, 4) is 50.2 Å². The smallest absolute Gasteiger partial charge is 0.0547 e. The number of anilines is 3. The highest BCUT2D eigenvalue weighted by atomic mass is 15.1. The van der Waals surface area contributed by atoms with Crippen LogP contribution in [0.2, 0.25) is 0 Å². The molecule has 1 heterocycles. The Balaban J connectivity index is 1.03. The van der Waals surface area contributed by atoms with Gasteiger partial charge in [-0.3, -0.25) is 0 Å². The number of fused-ring (bicyclic) bond motifs is 8. The highest BCUT2D eigenvalue weighted by Crippen LogP contribution is 2.49. The lowest BCUT2D eigenvalue weighted by Gasteiger charge is -2.29. The summed E-state index contributed by atoms with van der Waals surface area (Å²) >= 11 is 0. The van der Waals surface area contributed by atoms with Gasteiger partial charge in [-0.15, -0.1) is 0 Å². The van der Waals surface area contributed by atoms with Crippen LogP contribution in [-0.4, -0.2) is 4.57 Å². The minimum Gasteiger partial charge on any atom is -0.310 e. The van der Waals surface area contributed by atoms with Crippen molar-refractivity contribution in [1.82, 2.24) is 4.57 Å². The Hall–Kier alpha value is -7.94. The summed E-state index contributed by atoms with van der Waals surface area (Å²) in [5.41, 5.74) is 19.5. The SMILES string of the molecule is CC1c2ccccc2-c2ccc(N(c3ccc(-c4ccc5c(c4)c4c6ccccc6ccc4n5-c4ccccc4)cc3)c3ccc(-c4ccccc4)cc3-c3ccccc3)cc21. The Bertz CT molecular complexity index is 3460. The van der Waals surface area contributed by atoms with Crippen molar-refractivity contribution in [1.29, 1.82) is 0 Å². The lowest BCUT2D eigenvalue weighted by atomic mass is 9.95. The molecule has 0 bridgehead atoms. The Labute approximate surface area is 362 Å². The monoisotopic (exact) mass is 790 g/mol. The number of hydrogen-bond acceptors (Lipinski definition) is 1. The Morgan fingerprint density at radius 3 is 1.77 bits per heavy atom. The number of aromatic nitrogens is 1. The van der Waals surface area contributed by atoms with Gasteiger partial charge >= 0.3 is 0 Å². The molecule has 1 unspecified atom stereocenters. The molecule has 0 radical (unpaired) electrons. The van der Waals surface area contributed by atoms with Gasteiger partial charge in [-0.25, -0.2) is 0 Å². The minimum atomic E-state index is 0.305. The van der Waals surface area contributed by atoms with Crippen LogP contribution >= 0.6 is 0 Å². The summed E-state index contributed by atoms with van der Waals surface area (Å²) in [6.45, 7) is 2.34. The van der Waals surface area contributed by atoms with Crippen LogP contribution in [0.4, 0.5) is 17.1 Å². The summed E-state index contributed by atoms with van der Waals surface area (Å²) in [4.78, 5) is 2.46. The molecule has 1 aliphatic rings. The van der Waals surface area contributed by atoms with Gasteiger partial charge < -0.3 is 9.47 Å². The molecule has 1 aliphatic carbocycles. The second-order valence-electron chi connectivity index (χ2n) is 16.5. The third-order valence-electron chi connectivity index (χ3n) is 13.0. The second-order valence-corrected chi connectivity index (χ2v) is 16.5. The van der Waals surface area contributed by atoms with E-state index in [0.717, 1.165) is 22.7 Å². The summed E-state index contributed by atoms with van der Waals surface area (Å²) < 4.78 is 2.41. The zero-order valence-electron chi connectivity index (χ0n) is 34.4. The normalized spacial score (nSPS) is 13.1. The fraction of sp³-hybridized carbons (Fsp3) is 0.0333. The van der Waals surface area contributed by atoms with E-state index in [9.17, 15) is 0 Å². The second kappa shape index (κ2) is 14.7. The van der Waals surface area contributed by atoms with Gasteiger partial charge in [0.15, 0.2) is 0 Å². The average molecular weight is 791 g/mol. The van der Waals surface area contributed by atoms with Crippen molar-refractivity contribution in [2.45, 2.75) is 12.8 Å². The van der Waals surface area contributed by atoms with Crippen molar-refractivity contribution in [2.75, 3.05) is 4.90 Å². The van der Waals surface area contributed by atoms with E-state index in [0.29, 0.717) is 5.92 Å². The van der Waals surface area contributed by atoms with Crippen molar-refractivity contribution in [2.24, 2.45) is 0 Å². The molecule has 0 fully saturated rings. The van der Waals surface area contributed by atoms with E-state index >= 15 is 0 Å². The van der Waals surface area contributed by atoms with Crippen molar-refractivity contribution in [3.63, 3.8) is 0 Å². The molecular weight excluding hydrogens is 749 g/mol. The predicted octanol–water partition coefficient (Wildman–Crippen LogP) is 16.5. The fourth-order valence-electron chi connectivity index (χ4n) is 10.0. The standard InChI is InChI=1S/C60H42N2/c1-40-50-22-13-14-24-52(50)53-33-32-49(39-54(40)53)61(57-34-28-45(41-15-5-2-6-16-41)37-55(57)43-17-7-3-8-18-43)48-30-25-42(26-31-48)46-29-35-58-56(38-46)60-51-23-12-11-19-44(51)27-36-59(60)62(58)47-20-9-4-10-21-47/h2-40H,1H3. The zero-order valence-corrected chi connectivity index (χ0v) is 34.4. The average Bonchev–Trinajstić information content (AvgIpc) is 3.84. The first kappa shape index (κ1) is 36.0. The number of hydrogen-bond donors (Lipinski definition) is 0. The summed E-state index contributed by atoms with van der Waals surface area (Å²) in [5, 5.41) is 5.06. The van der Waals surface area contributed by atoms with E-state index in [-0.39, 0.29) is 0 Å².